The lowest BCUT2D eigenvalue weighted by Crippen LogP contribution is -2.40. The lowest BCUT2D eigenvalue weighted by atomic mass is 10.1. The quantitative estimate of drug-likeness (QED) is 0.627. The first-order chi connectivity index (χ1) is 14.3. The summed E-state index contributed by atoms with van der Waals surface area (Å²) in [5.74, 6) is -0.347. The highest BCUT2D eigenvalue weighted by atomic mass is 35.5. The van der Waals surface area contributed by atoms with Gasteiger partial charge in [-0.15, -0.1) is 11.3 Å². The number of fused-ring (bicyclic) bond motifs is 1. The average molecular weight is 467 g/mol. The van der Waals surface area contributed by atoms with E-state index in [1.54, 1.807) is 40.5 Å². The number of nitrogens with one attached hydrogen (secondary N) is 1. The maximum atomic E-state index is 12.7. The van der Waals surface area contributed by atoms with Gasteiger partial charge < -0.3 is 14.5 Å². The fourth-order valence-electron chi connectivity index (χ4n) is 3.59. The van der Waals surface area contributed by atoms with Crippen LogP contribution in [0, 0.1) is 0 Å². The van der Waals surface area contributed by atoms with Crippen LogP contribution in [0.25, 0.3) is 10.9 Å². The molecule has 7 nitrogen and oxygen atoms in total. The lowest BCUT2D eigenvalue weighted by molar-refractivity contribution is -0.131. The minimum Gasteiger partial charge on any atom is -0.346 e. The van der Waals surface area contributed by atoms with E-state index in [4.69, 9.17) is 16.6 Å². The molecule has 0 unspecified atom stereocenters. The van der Waals surface area contributed by atoms with Gasteiger partial charge in [0.2, 0.25) is 5.91 Å². The van der Waals surface area contributed by atoms with Crippen molar-refractivity contribution in [2.75, 3.05) is 18.8 Å². The van der Waals surface area contributed by atoms with Crippen molar-refractivity contribution in [3.05, 3.63) is 45.7 Å². The van der Waals surface area contributed by atoms with Gasteiger partial charge in [-0.1, -0.05) is 11.6 Å². The maximum Gasteiger partial charge on any atom is 0.223 e. The van der Waals surface area contributed by atoms with E-state index < -0.39 is 9.84 Å². The summed E-state index contributed by atoms with van der Waals surface area (Å²) in [6, 6.07) is 6.92. The van der Waals surface area contributed by atoms with Crippen LogP contribution < -0.4 is 4.80 Å². The molecule has 1 aliphatic heterocycles. The number of halogens is 1. The molecular weight excluding hydrogens is 444 g/mol. The zero-order valence-corrected chi connectivity index (χ0v) is 18.9. The Morgan fingerprint density at radius 2 is 2.07 bits per heavy atom. The number of rotatable bonds is 5. The van der Waals surface area contributed by atoms with Crippen molar-refractivity contribution < 1.29 is 13.2 Å². The average Bonchev–Trinajstić information content (AvgIpc) is 3.33. The minimum atomic E-state index is -3.58. The SMILES string of the molecule is Cn1ccs/c1=N\C1CCN(C(=O)CCS(=O)(=O)c2cc3cc(Cl)ccc3[nH]2)CC1. The van der Waals surface area contributed by atoms with Crippen molar-refractivity contribution in [3.8, 4) is 0 Å². The van der Waals surface area contributed by atoms with Crippen molar-refractivity contribution in [1.29, 1.82) is 0 Å². The molecule has 1 aromatic carbocycles. The largest absolute Gasteiger partial charge is 0.346 e. The standard InChI is InChI=1S/C20H23ClN4O3S2/c1-24-9-10-29-20(24)22-16-4-7-25(8-5-16)19(26)6-11-30(27,28)18-13-14-12-15(21)2-3-17(14)23-18/h2-3,9-10,12-13,16,23H,4-8,11H2,1H3/b22-20-. The van der Waals surface area contributed by atoms with Crippen molar-refractivity contribution >= 4 is 49.6 Å². The monoisotopic (exact) mass is 466 g/mol. The van der Waals surface area contributed by atoms with E-state index in [2.05, 4.69) is 4.98 Å². The molecule has 160 valence electrons. The van der Waals surface area contributed by atoms with Crippen LogP contribution in [0.3, 0.4) is 0 Å². The van der Waals surface area contributed by atoms with Crippen LogP contribution in [0.5, 0.6) is 0 Å². The molecule has 10 heteroatoms. The summed E-state index contributed by atoms with van der Waals surface area (Å²) in [7, 11) is -1.62. The van der Waals surface area contributed by atoms with Crippen LogP contribution in [-0.2, 0) is 21.7 Å². The molecule has 0 spiro atoms. The van der Waals surface area contributed by atoms with E-state index >= 15 is 0 Å². The highest BCUT2D eigenvalue weighted by molar-refractivity contribution is 7.91. The van der Waals surface area contributed by atoms with Gasteiger partial charge in [-0.05, 0) is 37.1 Å². The summed E-state index contributed by atoms with van der Waals surface area (Å²) in [6.45, 7) is 1.21. The normalized spacial score (nSPS) is 16.5. The fourth-order valence-corrected chi connectivity index (χ4v) is 5.80. The van der Waals surface area contributed by atoms with Crippen molar-refractivity contribution in [2.24, 2.45) is 12.0 Å². The number of likely N-dealkylation sites (tertiary alicyclic amines) is 1. The first-order valence-electron chi connectivity index (χ1n) is 9.74. The molecule has 1 fully saturated rings. The Kier molecular flexibility index (Phi) is 6.04. The second kappa shape index (κ2) is 8.56. The third kappa shape index (κ3) is 4.63. The lowest BCUT2D eigenvalue weighted by Gasteiger charge is -2.30. The molecule has 1 amide bonds. The summed E-state index contributed by atoms with van der Waals surface area (Å²) < 4.78 is 27.4. The number of piperidine rings is 1. The maximum absolute atomic E-state index is 12.7. The number of nitrogens with zero attached hydrogens (tertiary/aromatic N) is 3. The fraction of sp³-hybridized carbons (Fsp3) is 0.400. The van der Waals surface area contributed by atoms with Gasteiger partial charge in [0.15, 0.2) is 14.6 Å². The summed E-state index contributed by atoms with van der Waals surface area (Å²) >= 11 is 7.57. The third-order valence-electron chi connectivity index (χ3n) is 5.35. The minimum absolute atomic E-state index is 0.0276. The Morgan fingerprint density at radius 1 is 1.30 bits per heavy atom. The molecule has 1 saturated heterocycles. The number of carbonyl (C=O) groups excluding carboxylic acids is 1. The zero-order valence-electron chi connectivity index (χ0n) is 16.5. The topological polar surface area (TPSA) is 87.5 Å². The van der Waals surface area contributed by atoms with Crippen LogP contribution in [0.1, 0.15) is 19.3 Å². The number of sulfone groups is 1. The Balaban J connectivity index is 1.34. The smallest absolute Gasteiger partial charge is 0.223 e. The Bertz CT molecular complexity index is 1230. The van der Waals surface area contributed by atoms with E-state index in [-0.39, 0.29) is 29.1 Å². The van der Waals surface area contributed by atoms with Gasteiger partial charge >= 0.3 is 0 Å². The Hall–Kier alpha value is -2.10. The third-order valence-corrected chi connectivity index (χ3v) is 8.08. The molecule has 0 radical (unpaired) electrons. The number of amides is 1. The molecule has 0 atom stereocenters. The first-order valence-corrected chi connectivity index (χ1v) is 12.7. The van der Waals surface area contributed by atoms with Crippen molar-refractivity contribution in [2.45, 2.75) is 30.3 Å². The Labute approximate surface area is 183 Å². The molecule has 3 heterocycles. The number of aromatic amines is 1. The second-order valence-electron chi connectivity index (χ2n) is 7.47. The van der Waals surface area contributed by atoms with Gasteiger partial charge in [-0.25, -0.2) is 8.42 Å². The molecule has 0 saturated carbocycles. The molecule has 1 aliphatic rings. The van der Waals surface area contributed by atoms with E-state index in [0.717, 1.165) is 23.0 Å². The van der Waals surface area contributed by atoms with Gasteiger partial charge in [-0.2, -0.15) is 0 Å². The van der Waals surface area contributed by atoms with Gasteiger partial charge in [0.05, 0.1) is 11.8 Å². The number of carbonyl (C=O) groups is 1. The van der Waals surface area contributed by atoms with E-state index in [9.17, 15) is 13.2 Å². The first kappa shape index (κ1) is 21.1. The number of aromatic nitrogens is 2. The predicted molar refractivity (Wildman–Crippen MR) is 118 cm³/mol. The van der Waals surface area contributed by atoms with E-state index in [0.29, 0.717) is 23.6 Å². The van der Waals surface area contributed by atoms with Crippen molar-refractivity contribution in [1.82, 2.24) is 14.5 Å². The van der Waals surface area contributed by atoms with Crippen molar-refractivity contribution in [3.63, 3.8) is 0 Å². The van der Waals surface area contributed by atoms with E-state index in [1.165, 1.54) is 0 Å². The molecule has 0 aliphatic carbocycles. The summed E-state index contributed by atoms with van der Waals surface area (Å²) in [5.41, 5.74) is 0.703. The van der Waals surface area contributed by atoms with Crippen LogP contribution >= 0.6 is 22.9 Å². The summed E-state index contributed by atoms with van der Waals surface area (Å²) in [4.78, 5) is 23.0. The molecule has 3 aromatic rings. The highest BCUT2D eigenvalue weighted by Crippen LogP contribution is 2.23. The number of hydrogen-bond donors (Lipinski definition) is 1. The summed E-state index contributed by atoms with van der Waals surface area (Å²) in [5, 5.41) is 3.40. The Morgan fingerprint density at radius 3 is 2.77 bits per heavy atom. The molecular formula is C20H23ClN4O3S2. The molecule has 2 aromatic heterocycles. The number of benzene rings is 1. The van der Waals surface area contributed by atoms with Gasteiger partial charge in [0.1, 0.15) is 5.03 Å². The van der Waals surface area contributed by atoms with Crippen LogP contribution in [0.4, 0.5) is 0 Å². The van der Waals surface area contributed by atoms with Gasteiger partial charge in [0.25, 0.3) is 0 Å². The van der Waals surface area contributed by atoms with Crippen LogP contribution in [0.15, 0.2) is 45.9 Å². The number of H-pyrrole nitrogens is 1. The molecule has 4 rings (SSSR count). The van der Waals surface area contributed by atoms with Crippen LogP contribution in [-0.4, -0.2) is 53.7 Å². The summed E-state index contributed by atoms with van der Waals surface area (Å²) in [6.07, 6.45) is 3.53. The molecule has 0 bridgehead atoms. The zero-order chi connectivity index (χ0) is 21.3. The second-order valence-corrected chi connectivity index (χ2v) is 10.9. The number of aryl methyl sites for hydroxylation is 1. The van der Waals surface area contributed by atoms with Crippen LogP contribution in [0.2, 0.25) is 5.02 Å². The van der Waals surface area contributed by atoms with E-state index in [1.807, 2.05) is 23.2 Å². The van der Waals surface area contributed by atoms with Gasteiger partial charge in [0, 0.05) is 54.1 Å². The molecule has 1 N–H and O–H groups in total. The highest BCUT2D eigenvalue weighted by Gasteiger charge is 2.25. The number of thiazole rings is 1. The predicted octanol–water partition coefficient (Wildman–Crippen LogP) is 2.98. The number of hydrogen-bond acceptors (Lipinski definition) is 5. The van der Waals surface area contributed by atoms with Gasteiger partial charge in [-0.3, -0.25) is 9.79 Å². The molecule has 30 heavy (non-hydrogen) atoms.